The zero-order valence-corrected chi connectivity index (χ0v) is 20.1. The lowest BCUT2D eigenvalue weighted by molar-refractivity contribution is 0.0754. The van der Waals surface area contributed by atoms with Gasteiger partial charge in [0.1, 0.15) is 5.75 Å². The van der Waals surface area contributed by atoms with Crippen LogP contribution in [0.4, 0.5) is 5.69 Å². The van der Waals surface area contributed by atoms with Crippen molar-refractivity contribution in [3.05, 3.63) is 93.6 Å². The number of aliphatic hydroxyl groups is 2. The summed E-state index contributed by atoms with van der Waals surface area (Å²) in [6.45, 7) is 0.937. The molecule has 2 heterocycles. The fraction of sp³-hybridized carbons (Fsp3) is 0.259. The molecule has 1 aliphatic heterocycles. The third-order valence-electron chi connectivity index (χ3n) is 6.37. The van der Waals surface area contributed by atoms with Gasteiger partial charge in [-0.25, -0.2) is 0 Å². The molecule has 2 atom stereocenters. The number of nitrogens with one attached hydrogen (secondary N) is 1. The van der Waals surface area contributed by atoms with E-state index < -0.39 is 6.10 Å². The van der Waals surface area contributed by atoms with Gasteiger partial charge in [0.05, 0.1) is 25.4 Å². The molecule has 1 aliphatic rings. The molecule has 0 saturated heterocycles. The molecular formula is C27H26Cl2N2O3. The average Bonchev–Trinajstić information content (AvgIpc) is 3.22. The third-order valence-corrected chi connectivity index (χ3v) is 6.86. The number of fused-ring (bicyclic) bond motifs is 3. The summed E-state index contributed by atoms with van der Waals surface area (Å²) in [5.74, 6) is 0.728. The minimum absolute atomic E-state index is 0.0126. The summed E-state index contributed by atoms with van der Waals surface area (Å²) in [6.07, 6.45) is 0.526. The number of rotatable bonds is 7. The van der Waals surface area contributed by atoms with Crippen molar-refractivity contribution in [1.29, 1.82) is 0 Å². The van der Waals surface area contributed by atoms with Crippen molar-refractivity contribution < 1.29 is 14.9 Å². The largest absolute Gasteiger partial charge is 0.493 e. The van der Waals surface area contributed by atoms with E-state index in [2.05, 4.69) is 34.1 Å². The van der Waals surface area contributed by atoms with E-state index in [0.29, 0.717) is 18.1 Å². The number of benzene rings is 3. The first-order valence-electron chi connectivity index (χ1n) is 11.4. The summed E-state index contributed by atoms with van der Waals surface area (Å²) in [6, 6.07) is 22.0. The highest BCUT2D eigenvalue weighted by Gasteiger charge is 2.32. The van der Waals surface area contributed by atoms with Crippen LogP contribution in [-0.2, 0) is 6.42 Å². The molecule has 3 aromatic carbocycles. The van der Waals surface area contributed by atoms with Crippen LogP contribution in [0, 0.1) is 0 Å². The second-order valence-corrected chi connectivity index (χ2v) is 9.44. The molecule has 0 spiro atoms. The standard InChI is InChI=1S/C27H26Cl2N2O3/c28-18-3-6-20(7-4-18)31-13-11-23-24-15-19(29)5-10-25(24)30-26(23)27(31)17-1-8-22(9-2-17)34-14-12-21(33)16-32/h1-10,15,21,27,30,32-33H,11-14,16H2/t21-,27-/m0/s1. The number of nitrogens with zero attached hydrogens (tertiary/aromatic N) is 1. The van der Waals surface area contributed by atoms with Crippen LogP contribution < -0.4 is 9.64 Å². The van der Waals surface area contributed by atoms with E-state index in [0.717, 1.165) is 40.5 Å². The maximum absolute atomic E-state index is 9.52. The number of aromatic nitrogens is 1. The van der Waals surface area contributed by atoms with Gasteiger partial charge in [0, 0.05) is 45.3 Å². The highest BCUT2D eigenvalue weighted by atomic mass is 35.5. The summed E-state index contributed by atoms with van der Waals surface area (Å²) >= 11 is 12.5. The van der Waals surface area contributed by atoms with Crippen LogP contribution in [0.1, 0.15) is 29.3 Å². The molecule has 3 N–H and O–H groups in total. The van der Waals surface area contributed by atoms with E-state index in [9.17, 15) is 5.11 Å². The molecule has 5 rings (SSSR count). The van der Waals surface area contributed by atoms with Crippen molar-refractivity contribution in [3.8, 4) is 5.75 Å². The molecule has 7 heteroatoms. The summed E-state index contributed by atoms with van der Waals surface area (Å²) in [5, 5.41) is 21.1. The minimum atomic E-state index is -0.761. The second kappa shape index (κ2) is 9.88. The maximum Gasteiger partial charge on any atom is 0.119 e. The Kier molecular flexibility index (Phi) is 6.70. The Hall–Kier alpha value is -2.70. The average molecular weight is 497 g/mol. The van der Waals surface area contributed by atoms with Crippen LogP contribution in [0.3, 0.4) is 0 Å². The number of H-pyrrole nitrogens is 1. The van der Waals surface area contributed by atoms with Crippen molar-refractivity contribution in [3.63, 3.8) is 0 Å². The Morgan fingerprint density at radius 3 is 2.47 bits per heavy atom. The molecule has 0 saturated carbocycles. The lowest BCUT2D eigenvalue weighted by Gasteiger charge is -2.38. The lowest BCUT2D eigenvalue weighted by Crippen LogP contribution is -2.36. The van der Waals surface area contributed by atoms with Gasteiger partial charge in [-0.1, -0.05) is 35.3 Å². The summed E-state index contributed by atoms with van der Waals surface area (Å²) in [7, 11) is 0. The monoisotopic (exact) mass is 496 g/mol. The van der Waals surface area contributed by atoms with Crippen LogP contribution in [0.25, 0.3) is 10.9 Å². The van der Waals surface area contributed by atoms with E-state index in [1.807, 2.05) is 42.5 Å². The van der Waals surface area contributed by atoms with E-state index in [1.54, 1.807) is 0 Å². The summed E-state index contributed by atoms with van der Waals surface area (Å²) in [4.78, 5) is 6.05. The predicted octanol–water partition coefficient (Wildman–Crippen LogP) is 5.75. The number of ether oxygens (including phenoxy) is 1. The van der Waals surface area contributed by atoms with Gasteiger partial charge >= 0.3 is 0 Å². The number of aromatic amines is 1. The highest BCUT2D eigenvalue weighted by molar-refractivity contribution is 6.31. The first kappa shape index (κ1) is 23.1. The van der Waals surface area contributed by atoms with Gasteiger partial charge in [0.25, 0.3) is 0 Å². The van der Waals surface area contributed by atoms with Gasteiger partial charge in [-0.2, -0.15) is 0 Å². The zero-order chi connectivity index (χ0) is 23.7. The van der Waals surface area contributed by atoms with Gasteiger partial charge in [0.15, 0.2) is 0 Å². The summed E-state index contributed by atoms with van der Waals surface area (Å²) in [5.41, 5.74) is 5.79. The fourth-order valence-corrected chi connectivity index (χ4v) is 4.97. The molecule has 0 aliphatic carbocycles. The number of halogens is 2. The van der Waals surface area contributed by atoms with E-state index >= 15 is 0 Å². The molecule has 5 nitrogen and oxygen atoms in total. The number of hydrogen-bond acceptors (Lipinski definition) is 4. The number of hydrogen-bond donors (Lipinski definition) is 3. The van der Waals surface area contributed by atoms with Crippen LogP contribution in [0.2, 0.25) is 10.0 Å². The van der Waals surface area contributed by atoms with Crippen molar-refractivity contribution in [2.24, 2.45) is 0 Å². The van der Waals surface area contributed by atoms with Gasteiger partial charge in [-0.3, -0.25) is 0 Å². The Labute approximate surface area is 208 Å². The van der Waals surface area contributed by atoms with Crippen molar-refractivity contribution in [2.75, 3.05) is 24.7 Å². The Morgan fingerprint density at radius 1 is 1.00 bits per heavy atom. The van der Waals surface area contributed by atoms with Gasteiger partial charge in [-0.15, -0.1) is 0 Å². The second-order valence-electron chi connectivity index (χ2n) is 8.57. The molecule has 1 aromatic heterocycles. The van der Waals surface area contributed by atoms with E-state index in [4.69, 9.17) is 33.0 Å². The maximum atomic E-state index is 9.52. The summed E-state index contributed by atoms with van der Waals surface area (Å²) < 4.78 is 5.75. The SMILES string of the molecule is OC[C@@H](O)CCOc1ccc([C@H]2c3[nH]c4ccc(Cl)cc4c3CCN2c2ccc(Cl)cc2)cc1. The molecule has 0 unspecified atom stereocenters. The van der Waals surface area contributed by atoms with Crippen molar-refractivity contribution in [1.82, 2.24) is 4.98 Å². The topological polar surface area (TPSA) is 68.7 Å². The number of anilines is 1. The Morgan fingerprint density at radius 2 is 1.74 bits per heavy atom. The van der Waals surface area contributed by atoms with Crippen LogP contribution >= 0.6 is 23.2 Å². The normalized spacial score (nSPS) is 16.5. The zero-order valence-electron chi connectivity index (χ0n) is 18.5. The molecule has 0 amide bonds. The molecule has 0 bridgehead atoms. The molecule has 34 heavy (non-hydrogen) atoms. The van der Waals surface area contributed by atoms with Gasteiger partial charge < -0.3 is 24.8 Å². The molecular weight excluding hydrogens is 471 g/mol. The van der Waals surface area contributed by atoms with Crippen LogP contribution in [0.15, 0.2) is 66.7 Å². The van der Waals surface area contributed by atoms with Crippen molar-refractivity contribution >= 4 is 39.8 Å². The van der Waals surface area contributed by atoms with E-state index in [1.165, 1.54) is 16.6 Å². The minimum Gasteiger partial charge on any atom is -0.493 e. The first-order valence-corrected chi connectivity index (χ1v) is 12.1. The number of aliphatic hydroxyl groups excluding tert-OH is 2. The fourth-order valence-electron chi connectivity index (χ4n) is 4.67. The van der Waals surface area contributed by atoms with Crippen LogP contribution in [0.5, 0.6) is 5.75 Å². The van der Waals surface area contributed by atoms with Crippen LogP contribution in [-0.4, -0.2) is 41.1 Å². The molecule has 0 fully saturated rings. The smallest absolute Gasteiger partial charge is 0.119 e. The highest BCUT2D eigenvalue weighted by Crippen LogP contribution is 2.41. The quantitative estimate of drug-likeness (QED) is 0.304. The van der Waals surface area contributed by atoms with Crippen molar-refractivity contribution in [2.45, 2.75) is 25.0 Å². The predicted molar refractivity (Wildman–Crippen MR) is 137 cm³/mol. The third kappa shape index (κ3) is 4.62. The van der Waals surface area contributed by atoms with Gasteiger partial charge in [-0.05, 0) is 72.1 Å². The van der Waals surface area contributed by atoms with E-state index in [-0.39, 0.29) is 12.6 Å². The molecule has 176 valence electrons. The van der Waals surface area contributed by atoms with Gasteiger partial charge in [0.2, 0.25) is 0 Å². The lowest BCUT2D eigenvalue weighted by atomic mass is 9.91. The first-order chi connectivity index (χ1) is 16.5. The molecule has 0 radical (unpaired) electrons. The Bertz CT molecular complexity index is 1270. The Balaban J connectivity index is 1.51. The molecule has 4 aromatic rings.